The number of likely N-dealkylation sites (N-methyl/N-ethyl adjacent to an activating group) is 1. The predicted molar refractivity (Wildman–Crippen MR) is 119 cm³/mol. The van der Waals surface area contributed by atoms with Crippen LogP contribution >= 0.6 is 0 Å². The van der Waals surface area contributed by atoms with Crippen LogP contribution in [0, 0.1) is 6.92 Å². The second-order valence-electron chi connectivity index (χ2n) is 6.76. The van der Waals surface area contributed by atoms with Crippen molar-refractivity contribution < 1.29 is 4.79 Å². The number of allylic oxidation sites excluding steroid dienone is 6. The standard InChI is InChI=1S/C24H31N3O/c1-5-26(6-2)16-17-27(19-28)24-15-9-7-8-13-22(24)21(4)18-25-23-14-11-10-12-20(23)3/h7-15,18-19H,5-6,16-17H2,1-4H3/b22-21+,25-18?. The number of amides is 1. The molecule has 1 aliphatic rings. The van der Waals surface area contributed by atoms with Crippen LogP contribution in [0.2, 0.25) is 0 Å². The van der Waals surface area contributed by atoms with E-state index in [1.165, 1.54) is 0 Å². The minimum atomic E-state index is 0.657. The van der Waals surface area contributed by atoms with Gasteiger partial charge in [0.1, 0.15) is 0 Å². The molecule has 1 aromatic carbocycles. The van der Waals surface area contributed by atoms with Gasteiger partial charge in [-0.15, -0.1) is 0 Å². The van der Waals surface area contributed by atoms with Gasteiger partial charge in [0.05, 0.1) is 11.4 Å². The van der Waals surface area contributed by atoms with Gasteiger partial charge in [0.2, 0.25) is 6.41 Å². The fourth-order valence-electron chi connectivity index (χ4n) is 3.08. The van der Waals surface area contributed by atoms with Crippen molar-refractivity contribution >= 4 is 18.3 Å². The van der Waals surface area contributed by atoms with Crippen LogP contribution in [0.5, 0.6) is 0 Å². The quantitative estimate of drug-likeness (QED) is 0.457. The van der Waals surface area contributed by atoms with Gasteiger partial charge in [-0.1, -0.05) is 56.4 Å². The summed E-state index contributed by atoms with van der Waals surface area (Å²) in [6.45, 7) is 11.8. The average molecular weight is 378 g/mol. The Morgan fingerprint density at radius 1 is 1.07 bits per heavy atom. The summed E-state index contributed by atoms with van der Waals surface area (Å²) >= 11 is 0. The smallest absolute Gasteiger partial charge is 0.214 e. The molecule has 1 aromatic rings. The molecule has 28 heavy (non-hydrogen) atoms. The molecule has 0 atom stereocenters. The number of rotatable bonds is 9. The lowest BCUT2D eigenvalue weighted by Crippen LogP contribution is -2.34. The third kappa shape index (κ3) is 5.89. The largest absolute Gasteiger partial charge is 0.313 e. The van der Waals surface area contributed by atoms with Crippen LogP contribution in [0.1, 0.15) is 26.3 Å². The third-order valence-electron chi connectivity index (χ3n) is 4.94. The van der Waals surface area contributed by atoms with Gasteiger partial charge in [-0.05, 0) is 50.2 Å². The maximum Gasteiger partial charge on any atom is 0.214 e. The fourth-order valence-corrected chi connectivity index (χ4v) is 3.08. The Balaban J connectivity index is 2.30. The van der Waals surface area contributed by atoms with Crippen molar-refractivity contribution in [2.24, 2.45) is 4.99 Å². The molecule has 148 valence electrons. The number of carbonyl (C=O) groups is 1. The van der Waals surface area contributed by atoms with Crippen molar-refractivity contribution in [2.75, 3.05) is 26.2 Å². The fraction of sp³-hybridized carbons (Fsp3) is 0.333. The van der Waals surface area contributed by atoms with Crippen molar-refractivity contribution in [1.82, 2.24) is 9.80 Å². The Hall–Kier alpha value is -2.72. The molecule has 0 unspecified atom stereocenters. The number of aryl methyl sites for hydroxylation is 1. The number of hydrogen-bond acceptors (Lipinski definition) is 3. The summed E-state index contributed by atoms with van der Waals surface area (Å²) in [6, 6.07) is 8.06. The van der Waals surface area contributed by atoms with Crippen molar-refractivity contribution in [3.63, 3.8) is 0 Å². The molecular formula is C24H31N3O. The molecule has 0 saturated carbocycles. The monoisotopic (exact) mass is 377 g/mol. The van der Waals surface area contributed by atoms with Crippen LogP contribution in [0.25, 0.3) is 0 Å². The molecule has 0 heterocycles. The van der Waals surface area contributed by atoms with Crippen molar-refractivity contribution in [3.05, 3.63) is 77.1 Å². The van der Waals surface area contributed by atoms with E-state index in [1.807, 2.05) is 61.7 Å². The molecule has 0 saturated heterocycles. The highest BCUT2D eigenvalue weighted by Crippen LogP contribution is 2.23. The molecule has 1 aliphatic carbocycles. The highest BCUT2D eigenvalue weighted by Gasteiger charge is 2.15. The zero-order valence-corrected chi connectivity index (χ0v) is 17.4. The number of aliphatic imine (C=N–C) groups is 1. The van der Waals surface area contributed by atoms with E-state index in [1.54, 1.807) is 4.90 Å². The Labute approximate surface area is 169 Å². The normalized spacial score (nSPS) is 15.7. The van der Waals surface area contributed by atoms with Crippen LogP contribution in [-0.4, -0.2) is 48.6 Å². The molecule has 0 fully saturated rings. The maximum atomic E-state index is 11.9. The first-order chi connectivity index (χ1) is 13.6. The number of hydrogen-bond donors (Lipinski definition) is 0. The minimum absolute atomic E-state index is 0.657. The van der Waals surface area contributed by atoms with Gasteiger partial charge < -0.3 is 9.80 Å². The molecule has 0 radical (unpaired) electrons. The number of para-hydroxylation sites is 1. The third-order valence-corrected chi connectivity index (χ3v) is 4.94. The summed E-state index contributed by atoms with van der Waals surface area (Å²) in [4.78, 5) is 20.6. The summed E-state index contributed by atoms with van der Waals surface area (Å²) in [7, 11) is 0. The van der Waals surface area contributed by atoms with E-state index in [2.05, 4.69) is 36.7 Å². The van der Waals surface area contributed by atoms with Gasteiger partial charge in [-0.3, -0.25) is 9.79 Å². The minimum Gasteiger partial charge on any atom is -0.313 e. The zero-order valence-electron chi connectivity index (χ0n) is 17.4. The summed E-state index contributed by atoms with van der Waals surface area (Å²) in [5, 5.41) is 0. The van der Waals surface area contributed by atoms with Crippen LogP contribution in [0.4, 0.5) is 5.69 Å². The second kappa shape index (κ2) is 11.2. The van der Waals surface area contributed by atoms with E-state index in [9.17, 15) is 4.79 Å². The SMILES string of the molecule is CCN(CC)CCN(C=O)C1=CC=CC=C/C1=C(/C)C=Nc1ccccc1C. The Kier molecular flexibility index (Phi) is 8.63. The summed E-state index contributed by atoms with van der Waals surface area (Å²) in [6.07, 6.45) is 12.8. The van der Waals surface area contributed by atoms with Crippen LogP contribution in [-0.2, 0) is 4.79 Å². The van der Waals surface area contributed by atoms with Gasteiger partial charge in [0.15, 0.2) is 0 Å². The molecule has 0 aliphatic heterocycles. The zero-order chi connectivity index (χ0) is 20.4. The van der Waals surface area contributed by atoms with Crippen LogP contribution in [0.15, 0.2) is 76.5 Å². The van der Waals surface area contributed by atoms with Crippen molar-refractivity contribution in [3.8, 4) is 0 Å². The van der Waals surface area contributed by atoms with Gasteiger partial charge in [-0.25, -0.2) is 0 Å². The first kappa shape index (κ1) is 21.6. The number of benzene rings is 1. The average Bonchev–Trinajstić information content (AvgIpc) is 2.97. The summed E-state index contributed by atoms with van der Waals surface area (Å²) < 4.78 is 0. The molecule has 0 spiro atoms. The van der Waals surface area contributed by atoms with Gasteiger partial charge in [0, 0.05) is 24.9 Å². The molecule has 0 bridgehead atoms. The lowest BCUT2D eigenvalue weighted by atomic mass is 10.1. The van der Waals surface area contributed by atoms with Crippen LogP contribution < -0.4 is 0 Å². The van der Waals surface area contributed by atoms with Gasteiger partial charge >= 0.3 is 0 Å². The Morgan fingerprint density at radius 2 is 1.82 bits per heavy atom. The topological polar surface area (TPSA) is 35.9 Å². The van der Waals surface area contributed by atoms with E-state index >= 15 is 0 Å². The summed E-state index contributed by atoms with van der Waals surface area (Å²) in [5.74, 6) is 0. The lowest BCUT2D eigenvalue weighted by Gasteiger charge is -2.26. The molecule has 0 aromatic heterocycles. The molecule has 2 rings (SSSR count). The molecule has 4 heteroatoms. The lowest BCUT2D eigenvalue weighted by molar-refractivity contribution is -0.116. The second-order valence-corrected chi connectivity index (χ2v) is 6.76. The first-order valence-electron chi connectivity index (χ1n) is 9.91. The summed E-state index contributed by atoms with van der Waals surface area (Å²) in [5.41, 5.74) is 5.02. The van der Waals surface area contributed by atoms with Gasteiger partial charge in [-0.2, -0.15) is 0 Å². The Morgan fingerprint density at radius 3 is 2.50 bits per heavy atom. The van der Waals surface area contributed by atoms with E-state index in [4.69, 9.17) is 0 Å². The number of carbonyl (C=O) groups excluding carboxylic acids is 1. The number of nitrogens with zero attached hydrogens (tertiary/aromatic N) is 3. The molecule has 1 amide bonds. The maximum absolute atomic E-state index is 11.9. The van der Waals surface area contributed by atoms with Crippen LogP contribution in [0.3, 0.4) is 0 Å². The van der Waals surface area contributed by atoms with E-state index in [0.717, 1.165) is 54.1 Å². The highest BCUT2D eigenvalue weighted by molar-refractivity contribution is 5.84. The van der Waals surface area contributed by atoms with E-state index < -0.39 is 0 Å². The van der Waals surface area contributed by atoms with Crippen molar-refractivity contribution in [2.45, 2.75) is 27.7 Å². The van der Waals surface area contributed by atoms with E-state index in [0.29, 0.717) is 6.54 Å². The highest BCUT2D eigenvalue weighted by atomic mass is 16.1. The molecular weight excluding hydrogens is 346 g/mol. The Bertz CT molecular complexity index is 811. The van der Waals surface area contributed by atoms with E-state index in [-0.39, 0.29) is 0 Å². The molecule has 0 N–H and O–H groups in total. The van der Waals surface area contributed by atoms with Crippen molar-refractivity contribution in [1.29, 1.82) is 0 Å². The van der Waals surface area contributed by atoms with Gasteiger partial charge in [0.25, 0.3) is 0 Å². The first-order valence-corrected chi connectivity index (χ1v) is 9.91. The molecule has 4 nitrogen and oxygen atoms in total. The predicted octanol–water partition coefficient (Wildman–Crippen LogP) is 4.82.